The van der Waals surface area contributed by atoms with E-state index in [0.717, 1.165) is 37.5 Å². The highest BCUT2D eigenvalue weighted by molar-refractivity contribution is 5.87. The lowest BCUT2D eigenvalue weighted by Crippen LogP contribution is -2.47. The zero-order valence-electron chi connectivity index (χ0n) is 15.4. The molecule has 1 aromatic heterocycles. The smallest absolute Gasteiger partial charge is 0.239 e. The number of fused-ring (bicyclic) bond motifs is 1. The molecule has 1 aromatic rings. The highest BCUT2D eigenvalue weighted by atomic mass is 16.2. The second kappa shape index (κ2) is 8.94. The molecule has 2 heterocycles. The van der Waals surface area contributed by atoms with Gasteiger partial charge in [-0.25, -0.2) is 0 Å². The van der Waals surface area contributed by atoms with Crippen molar-refractivity contribution in [2.45, 2.75) is 71.5 Å². The van der Waals surface area contributed by atoms with Gasteiger partial charge in [-0.05, 0) is 25.2 Å². The first kappa shape index (κ1) is 19.4. The average Bonchev–Trinajstić information content (AvgIpc) is 2.84. The van der Waals surface area contributed by atoms with Crippen molar-refractivity contribution >= 4 is 11.8 Å². The van der Waals surface area contributed by atoms with Crippen molar-refractivity contribution in [3.8, 4) is 0 Å². The van der Waals surface area contributed by atoms with Crippen LogP contribution in [0.5, 0.6) is 0 Å². The predicted octanol–water partition coefficient (Wildman–Crippen LogP) is 0.671. The molecular formula is C17H30N6O2. The third-order valence-corrected chi connectivity index (χ3v) is 4.64. The number of amides is 2. The molecule has 0 saturated heterocycles. The molecule has 0 spiro atoms. The standard InChI is InChI=1S/C17H30N6O2/c1-4-12(16-22-21-13-8-6-5-7-9-23(13)16)20-14(24)10-19-17(25)15(18)11(2)3/h11-12,15H,4-10,18H2,1-3H3,(H,19,25)(H,20,24)/t12?,15-/m0/s1. The lowest BCUT2D eigenvalue weighted by Gasteiger charge is -2.19. The van der Waals surface area contributed by atoms with Crippen molar-refractivity contribution in [3.63, 3.8) is 0 Å². The second-order valence-electron chi connectivity index (χ2n) is 6.95. The minimum atomic E-state index is -0.609. The summed E-state index contributed by atoms with van der Waals surface area (Å²) >= 11 is 0. The summed E-state index contributed by atoms with van der Waals surface area (Å²) in [7, 11) is 0. The van der Waals surface area contributed by atoms with E-state index in [0.29, 0.717) is 6.42 Å². The van der Waals surface area contributed by atoms with Crippen molar-refractivity contribution in [1.29, 1.82) is 0 Å². The number of nitrogens with one attached hydrogen (secondary N) is 2. The molecule has 0 aliphatic carbocycles. The van der Waals surface area contributed by atoms with Gasteiger partial charge in [-0.1, -0.05) is 27.2 Å². The molecule has 0 aromatic carbocycles. The Labute approximate surface area is 148 Å². The molecule has 140 valence electrons. The van der Waals surface area contributed by atoms with E-state index in [1.165, 1.54) is 6.42 Å². The Bertz CT molecular complexity index is 598. The maximum atomic E-state index is 12.2. The molecule has 0 fully saturated rings. The van der Waals surface area contributed by atoms with Crippen molar-refractivity contribution in [2.75, 3.05) is 6.54 Å². The van der Waals surface area contributed by atoms with Crippen LogP contribution in [0.3, 0.4) is 0 Å². The minimum absolute atomic E-state index is 0.0258. The van der Waals surface area contributed by atoms with Gasteiger partial charge in [0.15, 0.2) is 5.82 Å². The molecule has 1 aliphatic heterocycles. The molecule has 25 heavy (non-hydrogen) atoms. The van der Waals surface area contributed by atoms with Gasteiger partial charge in [0.1, 0.15) is 5.82 Å². The second-order valence-corrected chi connectivity index (χ2v) is 6.95. The van der Waals surface area contributed by atoms with Gasteiger partial charge < -0.3 is 20.9 Å². The fraction of sp³-hybridized carbons (Fsp3) is 0.765. The molecule has 2 atom stereocenters. The van der Waals surface area contributed by atoms with Crippen molar-refractivity contribution in [3.05, 3.63) is 11.6 Å². The van der Waals surface area contributed by atoms with Gasteiger partial charge in [-0.15, -0.1) is 10.2 Å². The summed E-state index contributed by atoms with van der Waals surface area (Å²) in [5.74, 6) is 1.27. The zero-order chi connectivity index (χ0) is 18.4. The van der Waals surface area contributed by atoms with Crippen LogP contribution >= 0.6 is 0 Å². The number of nitrogens with two attached hydrogens (primary N) is 1. The van der Waals surface area contributed by atoms with Crippen molar-refractivity contribution in [2.24, 2.45) is 11.7 Å². The summed E-state index contributed by atoms with van der Waals surface area (Å²) in [4.78, 5) is 24.1. The number of nitrogens with zero attached hydrogens (tertiary/aromatic N) is 3. The number of aryl methyl sites for hydroxylation is 1. The first-order valence-electron chi connectivity index (χ1n) is 9.18. The van der Waals surface area contributed by atoms with Gasteiger partial charge in [0.05, 0.1) is 18.6 Å². The Hall–Kier alpha value is -1.96. The average molecular weight is 350 g/mol. The van der Waals surface area contributed by atoms with Crippen LogP contribution in [-0.2, 0) is 22.6 Å². The largest absolute Gasteiger partial charge is 0.346 e. The van der Waals surface area contributed by atoms with Crippen LogP contribution in [0, 0.1) is 5.92 Å². The minimum Gasteiger partial charge on any atom is -0.346 e. The van der Waals surface area contributed by atoms with Crippen LogP contribution in [-0.4, -0.2) is 39.2 Å². The SMILES string of the molecule is CCC(NC(=O)CNC(=O)[C@@H](N)C(C)C)c1nnc2n1CCCCC2. The number of rotatable bonds is 7. The van der Waals surface area contributed by atoms with Crippen LogP contribution in [0.2, 0.25) is 0 Å². The van der Waals surface area contributed by atoms with Crippen LogP contribution in [0.15, 0.2) is 0 Å². The van der Waals surface area contributed by atoms with Gasteiger partial charge in [0.2, 0.25) is 11.8 Å². The molecular weight excluding hydrogens is 320 g/mol. The van der Waals surface area contributed by atoms with Gasteiger partial charge in [-0.3, -0.25) is 9.59 Å². The number of aromatic nitrogens is 3. The Morgan fingerprint density at radius 2 is 2.00 bits per heavy atom. The zero-order valence-corrected chi connectivity index (χ0v) is 15.4. The molecule has 0 saturated carbocycles. The Morgan fingerprint density at radius 3 is 2.68 bits per heavy atom. The molecule has 8 nitrogen and oxygen atoms in total. The summed E-state index contributed by atoms with van der Waals surface area (Å²) in [5.41, 5.74) is 5.78. The van der Waals surface area contributed by atoms with Crippen LogP contribution in [0.1, 0.15) is 64.1 Å². The first-order chi connectivity index (χ1) is 11.9. The van der Waals surface area contributed by atoms with Crippen LogP contribution in [0.4, 0.5) is 0 Å². The summed E-state index contributed by atoms with van der Waals surface area (Å²) in [6.45, 7) is 6.54. The fourth-order valence-electron chi connectivity index (χ4n) is 2.95. The van der Waals surface area contributed by atoms with Crippen molar-refractivity contribution < 1.29 is 9.59 Å². The van der Waals surface area contributed by atoms with Gasteiger partial charge in [0.25, 0.3) is 0 Å². The summed E-state index contributed by atoms with van der Waals surface area (Å²) in [5, 5.41) is 14.1. The molecule has 0 bridgehead atoms. The summed E-state index contributed by atoms with van der Waals surface area (Å²) in [6, 6.07) is -0.815. The van der Waals surface area contributed by atoms with E-state index < -0.39 is 6.04 Å². The normalized spacial score (nSPS) is 16.7. The molecule has 4 N–H and O–H groups in total. The van der Waals surface area contributed by atoms with Gasteiger partial charge in [-0.2, -0.15) is 0 Å². The Balaban J connectivity index is 1.95. The third-order valence-electron chi connectivity index (χ3n) is 4.64. The van der Waals surface area contributed by atoms with Crippen LogP contribution < -0.4 is 16.4 Å². The van der Waals surface area contributed by atoms with E-state index in [1.54, 1.807) is 0 Å². The lowest BCUT2D eigenvalue weighted by atomic mass is 10.1. The highest BCUT2D eigenvalue weighted by Gasteiger charge is 2.23. The first-order valence-corrected chi connectivity index (χ1v) is 9.18. The molecule has 2 rings (SSSR count). The van der Waals surface area contributed by atoms with Gasteiger partial charge >= 0.3 is 0 Å². The van der Waals surface area contributed by atoms with Crippen LogP contribution in [0.25, 0.3) is 0 Å². The third kappa shape index (κ3) is 5.01. The van der Waals surface area contributed by atoms with E-state index in [1.807, 2.05) is 20.8 Å². The topological polar surface area (TPSA) is 115 Å². The maximum absolute atomic E-state index is 12.2. The maximum Gasteiger partial charge on any atom is 0.239 e. The summed E-state index contributed by atoms with van der Waals surface area (Å²) in [6.07, 6.45) is 5.06. The van der Waals surface area contributed by atoms with E-state index in [4.69, 9.17) is 5.73 Å². The number of hydrogen-bond donors (Lipinski definition) is 3. The molecule has 1 aliphatic rings. The van der Waals surface area contributed by atoms with Gasteiger partial charge in [0, 0.05) is 13.0 Å². The highest BCUT2D eigenvalue weighted by Crippen LogP contribution is 2.20. The molecule has 0 radical (unpaired) electrons. The molecule has 8 heteroatoms. The molecule has 2 amide bonds. The Morgan fingerprint density at radius 1 is 1.24 bits per heavy atom. The predicted molar refractivity (Wildman–Crippen MR) is 94.6 cm³/mol. The van der Waals surface area contributed by atoms with Crippen molar-refractivity contribution in [1.82, 2.24) is 25.4 Å². The molecule has 1 unspecified atom stereocenters. The number of carbonyl (C=O) groups is 2. The Kier molecular flexibility index (Phi) is 6.92. The monoisotopic (exact) mass is 350 g/mol. The van der Waals surface area contributed by atoms with E-state index in [-0.39, 0.29) is 30.3 Å². The fourth-order valence-corrected chi connectivity index (χ4v) is 2.95. The number of carbonyl (C=O) groups excluding carboxylic acids is 2. The number of hydrogen-bond acceptors (Lipinski definition) is 5. The lowest BCUT2D eigenvalue weighted by molar-refractivity contribution is -0.127. The van der Waals surface area contributed by atoms with E-state index >= 15 is 0 Å². The van der Waals surface area contributed by atoms with E-state index in [2.05, 4.69) is 25.4 Å². The summed E-state index contributed by atoms with van der Waals surface area (Å²) < 4.78 is 2.13. The quantitative estimate of drug-likeness (QED) is 0.668. The van der Waals surface area contributed by atoms with E-state index in [9.17, 15) is 9.59 Å².